The molecule has 1 aromatic carbocycles. The Morgan fingerprint density at radius 3 is 2.83 bits per heavy atom. The van der Waals surface area contributed by atoms with E-state index in [1.54, 1.807) is 20.4 Å². The number of H-pyrrole nitrogens is 1. The lowest BCUT2D eigenvalue weighted by Crippen LogP contribution is -2.00. The first-order chi connectivity index (χ1) is 14.2. The van der Waals surface area contributed by atoms with E-state index < -0.39 is 0 Å². The molecule has 5 aromatic rings. The van der Waals surface area contributed by atoms with Gasteiger partial charge in [0.15, 0.2) is 11.4 Å². The van der Waals surface area contributed by atoms with Crippen molar-refractivity contribution in [2.75, 3.05) is 19.5 Å². The van der Waals surface area contributed by atoms with Crippen LogP contribution in [0.1, 0.15) is 0 Å². The maximum atomic E-state index is 5.31. The fraction of sp³-hybridized carbons (Fsp3) is 0.0952. The molecule has 0 aliphatic heterocycles. The first-order valence-corrected chi connectivity index (χ1v) is 9.01. The van der Waals surface area contributed by atoms with Crippen molar-refractivity contribution in [3.8, 4) is 22.8 Å². The minimum Gasteiger partial charge on any atom is -0.491 e. The number of rotatable bonds is 5. The molecule has 0 fully saturated rings. The zero-order valence-electron chi connectivity index (χ0n) is 15.9. The zero-order valence-corrected chi connectivity index (χ0v) is 15.9. The number of nitrogens with one attached hydrogen (secondary N) is 2. The minimum absolute atomic E-state index is 0.415. The second-order valence-electron chi connectivity index (χ2n) is 6.51. The average molecular weight is 386 g/mol. The number of fused-ring (bicyclic) bond motifs is 2. The summed E-state index contributed by atoms with van der Waals surface area (Å²) >= 11 is 0. The highest BCUT2D eigenvalue weighted by Crippen LogP contribution is 2.31. The van der Waals surface area contributed by atoms with E-state index in [4.69, 9.17) is 9.47 Å². The molecule has 0 bridgehead atoms. The monoisotopic (exact) mass is 386 g/mol. The fourth-order valence-electron chi connectivity index (χ4n) is 3.34. The van der Waals surface area contributed by atoms with Crippen LogP contribution < -0.4 is 14.8 Å². The lowest BCUT2D eigenvalue weighted by atomic mass is 10.1. The molecule has 0 aliphatic rings. The summed E-state index contributed by atoms with van der Waals surface area (Å²) in [6.07, 6.45) is 7.55. The van der Waals surface area contributed by atoms with Crippen LogP contribution in [-0.4, -0.2) is 38.8 Å². The van der Waals surface area contributed by atoms with Crippen molar-refractivity contribution in [3.05, 3.63) is 61.2 Å². The highest BCUT2D eigenvalue weighted by atomic mass is 16.5. The van der Waals surface area contributed by atoms with Gasteiger partial charge in [-0.05, 0) is 29.8 Å². The molecule has 0 spiro atoms. The number of nitrogens with zero attached hydrogens (tertiary/aromatic N) is 4. The molecule has 8 nitrogen and oxygen atoms in total. The van der Waals surface area contributed by atoms with Crippen molar-refractivity contribution >= 4 is 28.1 Å². The van der Waals surface area contributed by atoms with E-state index in [0.717, 1.165) is 33.4 Å². The molecule has 0 saturated heterocycles. The Labute approximate surface area is 166 Å². The Balaban J connectivity index is 1.59. The Morgan fingerprint density at radius 2 is 1.97 bits per heavy atom. The van der Waals surface area contributed by atoms with E-state index in [2.05, 4.69) is 49.7 Å². The van der Waals surface area contributed by atoms with Gasteiger partial charge in [0, 0.05) is 29.5 Å². The topological polar surface area (TPSA) is 89.4 Å². The van der Waals surface area contributed by atoms with Crippen molar-refractivity contribution in [2.24, 2.45) is 0 Å². The first-order valence-electron chi connectivity index (χ1n) is 9.01. The van der Waals surface area contributed by atoms with Gasteiger partial charge in [-0.2, -0.15) is 10.1 Å². The van der Waals surface area contributed by atoms with Crippen LogP contribution in [-0.2, 0) is 0 Å². The third kappa shape index (κ3) is 3.00. The highest BCUT2D eigenvalue weighted by Gasteiger charge is 2.11. The molecule has 4 heterocycles. The van der Waals surface area contributed by atoms with Gasteiger partial charge < -0.3 is 19.2 Å². The fourth-order valence-corrected chi connectivity index (χ4v) is 3.34. The largest absolute Gasteiger partial charge is 0.491 e. The number of imidazole rings is 1. The van der Waals surface area contributed by atoms with E-state index in [0.29, 0.717) is 17.4 Å². The van der Waals surface area contributed by atoms with E-state index in [-0.39, 0.29) is 0 Å². The minimum atomic E-state index is 0.415. The summed E-state index contributed by atoms with van der Waals surface area (Å²) < 4.78 is 12.6. The third-order valence-electron chi connectivity index (χ3n) is 4.76. The average Bonchev–Trinajstić information content (AvgIpc) is 3.42. The number of aromatic nitrogens is 5. The maximum Gasteiger partial charge on any atom is 0.258 e. The van der Waals surface area contributed by atoms with Gasteiger partial charge >= 0.3 is 0 Å². The number of anilines is 2. The number of benzene rings is 1. The molecule has 2 N–H and O–H groups in total. The molecule has 8 heteroatoms. The normalized spacial score (nSPS) is 11.1. The molecular weight excluding hydrogens is 368 g/mol. The molecule has 0 amide bonds. The molecule has 5 rings (SSSR count). The SMILES string of the molecule is COc1ccc(Nc2cc(-c3ccc4cn[nH]c4c3)cn3ccnc23)nc1OC. The van der Waals surface area contributed by atoms with E-state index in [9.17, 15) is 0 Å². The number of pyridine rings is 2. The second kappa shape index (κ2) is 6.83. The van der Waals surface area contributed by atoms with Gasteiger partial charge in [0.05, 0.1) is 31.6 Å². The Hall–Kier alpha value is -4.07. The lowest BCUT2D eigenvalue weighted by molar-refractivity contribution is 0.343. The molecule has 144 valence electrons. The number of ether oxygens (including phenoxy) is 2. The Bertz CT molecular complexity index is 1320. The molecule has 0 radical (unpaired) electrons. The van der Waals surface area contributed by atoms with Crippen molar-refractivity contribution in [1.29, 1.82) is 0 Å². The number of hydrogen-bond acceptors (Lipinski definition) is 6. The Kier molecular flexibility index (Phi) is 4.02. The van der Waals surface area contributed by atoms with Gasteiger partial charge in [-0.1, -0.05) is 12.1 Å². The standard InChI is InChI=1S/C21H18N6O2/c1-28-18-5-6-19(25-21(18)29-2)24-17-10-15(12-27-8-7-22-20(17)27)13-3-4-14-11-23-26-16(14)9-13/h3-12H,1-2H3,(H,23,26)(H,24,25). The van der Waals surface area contributed by atoms with Crippen molar-refractivity contribution in [3.63, 3.8) is 0 Å². The summed E-state index contributed by atoms with van der Waals surface area (Å²) in [5, 5.41) is 11.5. The van der Waals surface area contributed by atoms with Crippen molar-refractivity contribution < 1.29 is 9.47 Å². The quantitative estimate of drug-likeness (QED) is 0.474. The van der Waals surface area contributed by atoms with Crippen LogP contribution in [0.5, 0.6) is 11.6 Å². The van der Waals surface area contributed by atoms with Crippen molar-refractivity contribution in [1.82, 2.24) is 24.6 Å². The van der Waals surface area contributed by atoms with Crippen molar-refractivity contribution in [2.45, 2.75) is 0 Å². The molecule has 29 heavy (non-hydrogen) atoms. The third-order valence-corrected chi connectivity index (χ3v) is 4.76. The summed E-state index contributed by atoms with van der Waals surface area (Å²) in [5.41, 5.74) is 4.73. The number of aromatic amines is 1. The molecule has 0 atom stereocenters. The predicted octanol–water partition coefficient (Wildman–Crippen LogP) is 4.03. The van der Waals surface area contributed by atoms with Crippen LogP contribution in [0.4, 0.5) is 11.5 Å². The predicted molar refractivity (Wildman–Crippen MR) is 111 cm³/mol. The van der Waals surface area contributed by atoms with Crippen LogP contribution in [0.2, 0.25) is 0 Å². The van der Waals surface area contributed by atoms with Gasteiger partial charge in [0.2, 0.25) is 0 Å². The zero-order chi connectivity index (χ0) is 19.8. The Morgan fingerprint density at radius 1 is 1.03 bits per heavy atom. The van der Waals surface area contributed by atoms with Gasteiger partial charge in [-0.15, -0.1) is 0 Å². The van der Waals surface area contributed by atoms with E-state index in [1.807, 2.05) is 35.1 Å². The maximum absolute atomic E-state index is 5.31. The number of methoxy groups -OCH3 is 2. The second-order valence-corrected chi connectivity index (χ2v) is 6.51. The van der Waals surface area contributed by atoms with Crippen LogP contribution in [0.25, 0.3) is 27.7 Å². The van der Waals surface area contributed by atoms with Gasteiger partial charge in [0.25, 0.3) is 5.88 Å². The van der Waals surface area contributed by atoms with Crippen LogP contribution in [0.3, 0.4) is 0 Å². The molecule has 4 aromatic heterocycles. The first kappa shape index (κ1) is 17.1. The van der Waals surface area contributed by atoms with Gasteiger partial charge in [-0.25, -0.2) is 4.98 Å². The van der Waals surface area contributed by atoms with Crippen LogP contribution in [0.15, 0.2) is 61.2 Å². The summed E-state index contributed by atoms with van der Waals surface area (Å²) in [5.74, 6) is 1.62. The molecule has 0 saturated carbocycles. The van der Waals surface area contributed by atoms with Gasteiger partial charge in [0.1, 0.15) is 5.82 Å². The highest BCUT2D eigenvalue weighted by molar-refractivity contribution is 5.86. The summed E-state index contributed by atoms with van der Waals surface area (Å²) in [6, 6.07) is 11.9. The smallest absolute Gasteiger partial charge is 0.258 e. The summed E-state index contributed by atoms with van der Waals surface area (Å²) in [4.78, 5) is 8.94. The van der Waals surface area contributed by atoms with Crippen LogP contribution in [0, 0.1) is 0 Å². The lowest BCUT2D eigenvalue weighted by Gasteiger charge is -2.12. The van der Waals surface area contributed by atoms with E-state index in [1.165, 1.54) is 0 Å². The van der Waals surface area contributed by atoms with Crippen LogP contribution >= 0.6 is 0 Å². The molecular formula is C21H18N6O2. The number of hydrogen-bond donors (Lipinski definition) is 2. The summed E-state index contributed by atoms with van der Waals surface area (Å²) in [7, 11) is 3.15. The summed E-state index contributed by atoms with van der Waals surface area (Å²) in [6.45, 7) is 0. The molecule has 0 unspecified atom stereocenters. The molecule has 0 aliphatic carbocycles. The van der Waals surface area contributed by atoms with E-state index >= 15 is 0 Å². The van der Waals surface area contributed by atoms with Gasteiger partial charge in [-0.3, -0.25) is 5.10 Å².